The van der Waals surface area contributed by atoms with Crippen molar-refractivity contribution in [2.45, 2.75) is 11.8 Å². The number of rotatable bonds is 6. The first kappa shape index (κ1) is 24.4. The van der Waals surface area contributed by atoms with Crippen molar-refractivity contribution in [1.29, 1.82) is 0 Å². The van der Waals surface area contributed by atoms with Crippen molar-refractivity contribution in [3.05, 3.63) is 88.4 Å². The van der Waals surface area contributed by atoms with E-state index in [2.05, 4.69) is 4.90 Å². The first-order chi connectivity index (χ1) is 16.3. The zero-order valence-corrected chi connectivity index (χ0v) is 21.0. The predicted octanol–water partition coefficient (Wildman–Crippen LogP) is 4.85. The molecule has 0 saturated carbocycles. The number of hydrogen-bond acceptors (Lipinski definition) is 4. The molecule has 3 aromatic rings. The fourth-order valence-corrected chi connectivity index (χ4v) is 5.79. The standard InChI is InChI=1S/C25H25Cl2N3O3S/c1-19-10-11-21(27)17-24(19)28-12-14-29(15-13-28)25(31)18-30(22-7-5-6-20(26)16-22)34(32,33)23-8-3-2-4-9-23/h2-11,16-17H,12-15,18H2,1H3. The Bertz CT molecular complexity index is 1280. The topological polar surface area (TPSA) is 60.9 Å². The molecule has 178 valence electrons. The highest BCUT2D eigenvalue weighted by molar-refractivity contribution is 7.92. The lowest BCUT2D eigenvalue weighted by Crippen LogP contribution is -2.52. The zero-order valence-electron chi connectivity index (χ0n) is 18.7. The van der Waals surface area contributed by atoms with Gasteiger partial charge in [0, 0.05) is 41.9 Å². The molecule has 0 radical (unpaired) electrons. The largest absolute Gasteiger partial charge is 0.368 e. The van der Waals surface area contributed by atoms with Crippen LogP contribution >= 0.6 is 23.2 Å². The number of anilines is 2. The first-order valence-electron chi connectivity index (χ1n) is 10.9. The molecule has 1 amide bonds. The Balaban J connectivity index is 1.53. The van der Waals surface area contributed by atoms with Crippen molar-refractivity contribution in [3.63, 3.8) is 0 Å². The van der Waals surface area contributed by atoms with Gasteiger partial charge in [0.15, 0.2) is 0 Å². The lowest BCUT2D eigenvalue weighted by molar-refractivity contribution is -0.129. The third-order valence-electron chi connectivity index (χ3n) is 5.85. The maximum atomic E-state index is 13.5. The van der Waals surface area contributed by atoms with Gasteiger partial charge in [0.05, 0.1) is 10.6 Å². The van der Waals surface area contributed by atoms with E-state index in [1.54, 1.807) is 47.4 Å². The molecular weight excluding hydrogens is 493 g/mol. The molecule has 1 heterocycles. The van der Waals surface area contributed by atoms with Gasteiger partial charge in [-0.05, 0) is 55.0 Å². The average molecular weight is 518 g/mol. The van der Waals surface area contributed by atoms with E-state index in [1.165, 1.54) is 12.1 Å². The number of sulfonamides is 1. The van der Waals surface area contributed by atoms with Crippen LogP contribution in [-0.4, -0.2) is 51.9 Å². The van der Waals surface area contributed by atoms with Crippen molar-refractivity contribution in [1.82, 2.24) is 4.90 Å². The summed E-state index contributed by atoms with van der Waals surface area (Å²) in [4.78, 5) is 17.3. The molecule has 0 atom stereocenters. The summed E-state index contributed by atoms with van der Waals surface area (Å²) in [5.41, 5.74) is 2.51. The van der Waals surface area contributed by atoms with Crippen LogP contribution in [0.25, 0.3) is 0 Å². The molecule has 3 aromatic carbocycles. The zero-order chi connectivity index (χ0) is 24.3. The second-order valence-electron chi connectivity index (χ2n) is 8.10. The molecule has 1 saturated heterocycles. The number of piperazine rings is 1. The molecule has 1 fully saturated rings. The summed E-state index contributed by atoms with van der Waals surface area (Å²) in [6.45, 7) is 3.96. The number of carbonyl (C=O) groups excluding carboxylic acids is 1. The molecule has 6 nitrogen and oxygen atoms in total. The van der Waals surface area contributed by atoms with E-state index in [1.807, 2.05) is 25.1 Å². The molecule has 34 heavy (non-hydrogen) atoms. The molecule has 0 bridgehead atoms. The smallest absolute Gasteiger partial charge is 0.264 e. The highest BCUT2D eigenvalue weighted by atomic mass is 35.5. The van der Waals surface area contributed by atoms with Crippen LogP contribution in [0.15, 0.2) is 77.7 Å². The van der Waals surface area contributed by atoms with Crippen LogP contribution in [0.5, 0.6) is 0 Å². The van der Waals surface area contributed by atoms with Gasteiger partial charge in [-0.15, -0.1) is 0 Å². The fourth-order valence-electron chi connectivity index (χ4n) is 4.01. The Morgan fingerprint density at radius 2 is 1.56 bits per heavy atom. The molecule has 1 aliphatic rings. The SMILES string of the molecule is Cc1ccc(Cl)cc1N1CCN(C(=O)CN(c2cccc(Cl)c2)S(=O)(=O)c2ccccc2)CC1. The van der Waals surface area contributed by atoms with Crippen molar-refractivity contribution < 1.29 is 13.2 Å². The van der Waals surface area contributed by atoms with Gasteiger partial charge in [0.25, 0.3) is 10.0 Å². The number of amides is 1. The van der Waals surface area contributed by atoms with Crippen molar-refractivity contribution in [2.24, 2.45) is 0 Å². The molecule has 0 N–H and O–H groups in total. The van der Waals surface area contributed by atoms with Crippen molar-refractivity contribution in [2.75, 3.05) is 41.9 Å². The monoisotopic (exact) mass is 517 g/mol. The third-order valence-corrected chi connectivity index (χ3v) is 8.11. The third kappa shape index (κ3) is 5.32. The maximum Gasteiger partial charge on any atom is 0.264 e. The van der Waals surface area contributed by atoms with Crippen LogP contribution in [0.3, 0.4) is 0 Å². The second-order valence-corrected chi connectivity index (χ2v) is 10.8. The Labute approximate surface area is 210 Å². The highest BCUT2D eigenvalue weighted by Crippen LogP contribution is 2.28. The summed E-state index contributed by atoms with van der Waals surface area (Å²) in [7, 11) is -3.97. The van der Waals surface area contributed by atoms with Gasteiger partial charge in [0.2, 0.25) is 5.91 Å². The van der Waals surface area contributed by atoms with Gasteiger partial charge in [-0.1, -0.05) is 53.5 Å². The molecule has 0 spiro atoms. The second kappa shape index (κ2) is 10.3. The van der Waals surface area contributed by atoms with Gasteiger partial charge < -0.3 is 9.80 Å². The first-order valence-corrected chi connectivity index (χ1v) is 13.1. The van der Waals surface area contributed by atoms with E-state index in [9.17, 15) is 13.2 Å². The number of hydrogen-bond donors (Lipinski definition) is 0. The lowest BCUT2D eigenvalue weighted by Gasteiger charge is -2.37. The minimum atomic E-state index is -3.97. The van der Waals surface area contributed by atoms with E-state index in [0.29, 0.717) is 41.9 Å². The maximum absolute atomic E-state index is 13.5. The van der Waals surface area contributed by atoms with E-state index in [4.69, 9.17) is 23.2 Å². The summed E-state index contributed by atoms with van der Waals surface area (Å²) < 4.78 is 28.0. The number of aryl methyl sites for hydroxylation is 1. The van der Waals surface area contributed by atoms with Gasteiger partial charge in [-0.2, -0.15) is 0 Å². The summed E-state index contributed by atoms with van der Waals surface area (Å²) in [6, 6.07) is 20.4. The van der Waals surface area contributed by atoms with E-state index in [0.717, 1.165) is 15.6 Å². The Morgan fingerprint density at radius 1 is 0.882 bits per heavy atom. The van der Waals surface area contributed by atoms with E-state index >= 15 is 0 Å². The minimum Gasteiger partial charge on any atom is -0.368 e. The Hall–Kier alpha value is -2.74. The molecule has 0 aromatic heterocycles. The van der Waals surface area contributed by atoms with Crippen molar-refractivity contribution in [3.8, 4) is 0 Å². The van der Waals surface area contributed by atoms with Crippen LogP contribution < -0.4 is 9.21 Å². The molecule has 1 aliphatic heterocycles. The van der Waals surface area contributed by atoms with Crippen LogP contribution in [0, 0.1) is 6.92 Å². The molecular formula is C25H25Cl2N3O3S. The van der Waals surface area contributed by atoms with E-state index in [-0.39, 0.29) is 17.3 Å². The summed E-state index contributed by atoms with van der Waals surface area (Å²) in [5.74, 6) is -0.262. The summed E-state index contributed by atoms with van der Waals surface area (Å²) in [5, 5.41) is 1.06. The molecule has 4 rings (SSSR count). The van der Waals surface area contributed by atoms with Gasteiger partial charge in [0.1, 0.15) is 6.54 Å². The Morgan fingerprint density at radius 3 is 2.24 bits per heavy atom. The number of benzene rings is 3. The van der Waals surface area contributed by atoms with Crippen LogP contribution in [0.2, 0.25) is 10.0 Å². The highest BCUT2D eigenvalue weighted by Gasteiger charge is 2.30. The Kier molecular flexibility index (Phi) is 7.36. The molecule has 9 heteroatoms. The van der Waals surface area contributed by atoms with Gasteiger partial charge in [-0.3, -0.25) is 9.10 Å². The number of nitrogens with zero attached hydrogens (tertiary/aromatic N) is 3. The van der Waals surface area contributed by atoms with Crippen LogP contribution in [-0.2, 0) is 14.8 Å². The number of carbonyl (C=O) groups is 1. The normalized spacial score (nSPS) is 14.2. The van der Waals surface area contributed by atoms with Gasteiger partial charge in [-0.25, -0.2) is 8.42 Å². The summed E-state index contributed by atoms with van der Waals surface area (Å²) >= 11 is 12.3. The molecule has 0 aliphatic carbocycles. The fraction of sp³-hybridized carbons (Fsp3) is 0.240. The van der Waals surface area contributed by atoms with Crippen molar-refractivity contribution >= 4 is 50.5 Å². The van der Waals surface area contributed by atoms with Crippen LogP contribution in [0.1, 0.15) is 5.56 Å². The minimum absolute atomic E-state index is 0.115. The quantitative estimate of drug-likeness (QED) is 0.469. The summed E-state index contributed by atoms with van der Waals surface area (Å²) in [6.07, 6.45) is 0. The molecule has 0 unspecified atom stereocenters. The lowest BCUT2D eigenvalue weighted by atomic mass is 10.1. The predicted molar refractivity (Wildman–Crippen MR) is 137 cm³/mol. The van der Waals surface area contributed by atoms with Gasteiger partial charge >= 0.3 is 0 Å². The average Bonchev–Trinajstić information content (AvgIpc) is 2.84. The van der Waals surface area contributed by atoms with Crippen LogP contribution in [0.4, 0.5) is 11.4 Å². The number of halogens is 2. The van der Waals surface area contributed by atoms with E-state index < -0.39 is 10.0 Å².